The molecule has 0 aliphatic heterocycles. The topological polar surface area (TPSA) is 75.7 Å². The van der Waals surface area contributed by atoms with Gasteiger partial charge in [0.1, 0.15) is 12.4 Å². The van der Waals surface area contributed by atoms with E-state index < -0.39 is 15.9 Å². The zero-order chi connectivity index (χ0) is 20.2. The lowest BCUT2D eigenvalue weighted by molar-refractivity contribution is 0.0947. The number of halogens is 1. The number of hydrogen-bond acceptors (Lipinski definition) is 4. The fourth-order valence-electron chi connectivity index (χ4n) is 2.52. The summed E-state index contributed by atoms with van der Waals surface area (Å²) in [6.07, 6.45) is 1.09. The number of sulfonamides is 1. The fourth-order valence-corrected chi connectivity index (χ4v) is 3.22. The third-order valence-corrected chi connectivity index (χ3v) is 5.44. The molecule has 0 unspecified atom stereocenters. The van der Waals surface area contributed by atoms with Crippen molar-refractivity contribution in [3.8, 4) is 5.75 Å². The van der Waals surface area contributed by atoms with E-state index in [-0.39, 0.29) is 17.1 Å². The zero-order valence-corrected chi connectivity index (χ0v) is 17.3. The van der Waals surface area contributed by atoms with Crippen molar-refractivity contribution in [2.45, 2.75) is 13.8 Å². The van der Waals surface area contributed by atoms with Gasteiger partial charge in [0.25, 0.3) is 5.91 Å². The predicted octanol–water partition coefficient (Wildman–Crippen LogP) is 3.16. The van der Waals surface area contributed by atoms with E-state index >= 15 is 0 Å². The number of carbonyl (C=O) groups excluding carboxylic acids is 1. The van der Waals surface area contributed by atoms with Gasteiger partial charge >= 0.3 is 0 Å². The van der Waals surface area contributed by atoms with Crippen LogP contribution in [0.2, 0.25) is 5.02 Å². The van der Waals surface area contributed by atoms with Crippen molar-refractivity contribution < 1.29 is 17.9 Å². The molecule has 0 fully saturated rings. The van der Waals surface area contributed by atoms with Crippen LogP contribution in [0.3, 0.4) is 0 Å². The Morgan fingerprint density at radius 3 is 2.37 bits per heavy atom. The lowest BCUT2D eigenvalue weighted by Crippen LogP contribution is -2.29. The SMILES string of the molecule is Cc1cc(C)cc(OCCNC(=O)c2cc(N(C)S(C)(=O)=O)ccc2Cl)c1. The normalized spacial score (nSPS) is 11.1. The highest BCUT2D eigenvalue weighted by Crippen LogP contribution is 2.24. The number of nitrogens with zero attached hydrogens (tertiary/aromatic N) is 1. The molecule has 2 aromatic rings. The summed E-state index contributed by atoms with van der Waals surface area (Å²) in [5.41, 5.74) is 2.77. The molecule has 0 aliphatic rings. The minimum atomic E-state index is -3.43. The average Bonchev–Trinajstić information content (AvgIpc) is 2.56. The summed E-state index contributed by atoms with van der Waals surface area (Å²) in [6, 6.07) is 10.4. The first-order valence-electron chi connectivity index (χ1n) is 8.30. The second-order valence-corrected chi connectivity index (χ2v) is 8.74. The molecule has 0 radical (unpaired) electrons. The molecule has 27 heavy (non-hydrogen) atoms. The Bertz CT molecular complexity index is 924. The van der Waals surface area contributed by atoms with Crippen LogP contribution in [0.25, 0.3) is 0 Å². The van der Waals surface area contributed by atoms with Crippen LogP contribution in [-0.4, -0.2) is 40.8 Å². The van der Waals surface area contributed by atoms with E-state index in [1.807, 2.05) is 26.0 Å². The Balaban J connectivity index is 1.99. The molecule has 0 aliphatic carbocycles. The number of amides is 1. The molecule has 2 aromatic carbocycles. The van der Waals surface area contributed by atoms with E-state index in [1.54, 1.807) is 6.07 Å². The monoisotopic (exact) mass is 410 g/mol. The van der Waals surface area contributed by atoms with Crippen LogP contribution in [0.15, 0.2) is 36.4 Å². The maximum Gasteiger partial charge on any atom is 0.252 e. The predicted molar refractivity (Wildman–Crippen MR) is 108 cm³/mol. The summed E-state index contributed by atoms with van der Waals surface area (Å²) in [4.78, 5) is 12.4. The van der Waals surface area contributed by atoms with Crippen molar-refractivity contribution in [1.82, 2.24) is 5.32 Å². The van der Waals surface area contributed by atoms with Gasteiger partial charge in [0, 0.05) is 7.05 Å². The maximum atomic E-state index is 12.4. The zero-order valence-electron chi connectivity index (χ0n) is 15.7. The van der Waals surface area contributed by atoms with Gasteiger partial charge in [0.2, 0.25) is 10.0 Å². The number of nitrogens with one attached hydrogen (secondary N) is 1. The van der Waals surface area contributed by atoms with Crippen molar-refractivity contribution in [3.05, 3.63) is 58.1 Å². The number of benzene rings is 2. The van der Waals surface area contributed by atoms with E-state index in [2.05, 4.69) is 11.4 Å². The lowest BCUT2D eigenvalue weighted by atomic mass is 10.1. The van der Waals surface area contributed by atoms with Gasteiger partial charge in [0.15, 0.2) is 0 Å². The van der Waals surface area contributed by atoms with E-state index in [0.29, 0.717) is 12.3 Å². The van der Waals surface area contributed by atoms with E-state index in [9.17, 15) is 13.2 Å². The van der Waals surface area contributed by atoms with Crippen LogP contribution in [-0.2, 0) is 10.0 Å². The first-order chi connectivity index (χ1) is 12.6. The molecule has 0 saturated carbocycles. The molecule has 0 atom stereocenters. The van der Waals surface area contributed by atoms with Gasteiger partial charge in [-0.1, -0.05) is 17.7 Å². The van der Waals surface area contributed by atoms with Gasteiger partial charge in [-0.05, 0) is 55.3 Å². The molecule has 8 heteroatoms. The third-order valence-electron chi connectivity index (χ3n) is 3.91. The van der Waals surface area contributed by atoms with E-state index in [0.717, 1.165) is 27.4 Å². The molecular formula is C19H23ClN2O4S. The maximum absolute atomic E-state index is 12.4. The van der Waals surface area contributed by atoms with Crippen molar-refractivity contribution in [2.24, 2.45) is 0 Å². The Morgan fingerprint density at radius 1 is 1.15 bits per heavy atom. The van der Waals surface area contributed by atoms with Crippen molar-refractivity contribution >= 4 is 33.2 Å². The Hall–Kier alpha value is -2.25. The molecule has 1 N–H and O–H groups in total. The van der Waals surface area contributed by atoms with E-state index in [1.165, 1.54) is 19.2 Å². The minimum absolute atomic E-state index is 0.205. The summed E-state index contributed by atoms with van der Waals surface area (Å²) in [6.45, 7) is 4.57. The van der Waals surface area contributed by atoms with Crippen LogP contribution >= 0.6 is 11.6 Å². The summed E-state index contributed by atoms with van der Waals surface area (Å²) >= 11 is 6.09. The van der Waals surface area contributed by atoms with Crippen molar-refractivity contribution in [2.75, 3.05) is 30.8 Å². The van der Waals surface area contributed by atoms with Gasteiger partial charge in [-0.15, -0.1) is 0 Å². The van der Waals surface area contributed by atoms with Gasteiger partial charge in [0.05, 0.1) is 29.1 Å². The molecule has 1 amide bonds. The number of rotatable bonds is 7. The molecule has 0 heterocycles. The molecule has 0 aromatic heterocycles. The average molecular weight is 411 g/mol. The van der Waals surface area contributed by atoms with Crippen molar-refractivity contribution in [1.29, 1.82) is 0 Å². The Kier molecular flexibility index (Phi) is 6.73. The molecule has 146 valence electrons. The smallest absolute Gasteiger partial charge is 0.252 e. The number of aryl methyl sites for hydroxylation is 2. The third kappa shape index (κ3) is 5.87. The number of anilines is 1. The first-order valence-corrected chi connectivity index (χ1v) is 10.5. The summed E-state index contributed by atoms with van der Waals surface area (Å²) in [5.74, 6) is 0.351. The number of ether oxygens (including phenoxy) is 1. The lowest BCUT2D eigenvalue weighted by Gasteiger charge is -2.18. The van der Waals surface area contributed by atoms with Gasteiger partial charge in [-0.3, -0.25) is 9.10 Å². The highest BCUT2D eigenvalue weighted by atomic mass is 35.5. The Labute approximate surface area is 165 Å². The minimum Gasteiger partial charge on any atom is -0.492 e. The number of carbonyl (C=O) groups is 1. The molecule has 2 rings (SSSR count). The largest absolute Gasteiger partial charge is 0.492 e. The van der Waals surface area contributed by atoms with Crippen molar-refractivity contribution in [3.63, 3.8) is 0 Å². The molecule has 6 nitrogen and oxygen atoms in total. The molecule has 0 bridgehead atoms. The van der Waals surface area contributed by atoms with Crippen LogP contribution in [0.4, 0.5) is 5.69 Å². The standard InChI is InChI=1S/C19H23ClN2O4S/c1-13-9-14(2)11-16(10-13)26-8-7-21-19(23)17-12-15(5-6-18(17)20)22(3)27(4,24)25/h5-6,9-12H,7-8H2,1-4H3,(H,21,23). The summed E-state index contributed by atoms with van der Waals surface area (Å²) in [7, 11) is -2.02. The highest BCUT2D eigenvalue weighted by molar-refractivity contribution is 7.92. The van der Waals surface area contributed by atoms with E-state index in [4.69, 9.17) is 16.3 Å². The number of hydrogen-bond donors (Lipinski definition) is 1. The summed E-state index contributed by atoms with van der Waals surface area (Å²) < 4.78 is 30.1. The van der Waals surface area contributed by atoms with Crippen LogP contribution in [0.5, 0.6) is 5.75 Å². The first kappa shape index (κ1) is 21.1. The van der Waals surface area contributed by atoms with Crippen LogP contribution in [0, 0.1) is 13.8 Å². The van der Waals surface area contributed by atoms with Gasteiger partial charge in [-0.2, -0.15) is 0 Å². The molecule has 0 spiro atoms. The second-order valence-electron chi connectivity index (χ2n) is 6.32. The fraction of sp³-hybridized carbons (Fsp3) is 0.316. The quantitative estimate of drug-likeness (QED) is 0.711. The summed E-state index contributed by atoms with van der Waals surface area (Å²) in [5, 5.41) is 2.97. The van der Waals surface area contributed by atoms with Crippen LogP contribution in [0.1, 0.15) is 21.5 Å². The molecular weight excluding hydrogens is 388 g/mol. The van der Waals surface area contributed by atoms with Gasteiger partial charge < -0.3 is 10.1 Å². The highest BCUT2D eigenvalue weighted by Gasteiger charge is 2.16. The van der Waals surface area contributed by atoms with Gasteiger partial charge in [-0.25, -0.2) is 8.42 Å². The van der Waals surface area contributed by atoms with Crippen LogP contribution < -0.4 is 14.4 Å². The second kappa shape index (κ2) is 8.63. The molecule has 0 saturated heterocycles. The Morgan fingerprint density at radius 2 is 1.78 bits per heavy atom.